The van der Waals surface area contributed by atoms with Crippen molar-refractivity contribution >= 4 is 5.91 Å². The number of ether oxygens (including phenoxy) is 28. The van der Waals surface area contributed by atoms with E-state index in [2.05, 4.69) is 11.2 Å². The van der Waals surface area contributed by atoms with Crippen molar-refractivity contribution in [3.05, 3.63) is 0 Å². The molecule has 89 heavy (non-hydrogen) atoms. The van der Waals surface area contributed by atoms with Crippen molar-refractivity contribution in [1.29, 1.82) is 0 Å². The van der Waals surface area contributed by atoms with E-state index in [-0.39, 0.29) is 40.0 Å². The molecule has 30 unspecified atom stereocenters. The van der Waals surface area contributed by atoms with E-state index in [1.165, 1.54) is 64.0 Å². The Morgan fingerprint density at radius 2 is 0.596 bits per heavy atom. The summed E-state index contributed by atoms with van der Waals surface area (Å²) in [5.74, 6) is 1.45. The highest BCUT2D eigenvalue weighted by molar-refractivity contribution is 5.93. The molecule has 6 aliphatic rings. The second-order valence-electron chi connectivity index (χ2n) is 21.4. The minimum absolute atomic E-state index is 0. The van der Waals surface area contributed by atoms with E-state index < -0.39 is 184 Å². The first-order chi connectivity index (χ1) is 42.5. The fourth-order valence-corrected chi connectivity index (χ4v) is 12.3. The van der Waals surface area contributed by atoms with E-state index in [0.29, 0.717) is 0 Å². The molecule has 0 radical (unpaired) electrons. The predicted octanol–water partition coefficient (Wildman–Crippen LogP) is -0.957. The average Bonchev–Trinajstić information content (AvgIpc) is 1.03. The van der Waals surface area contributed by atoms with Crippen LogP contribution in [0, 0.1) is 12.3 Å². The van der Waals surface area contributed by atoms with E-state index in [1.54, 1.807) is 70.9 Å². The molecule has 0 aromatic heterocycles. The molecule has 31 nitrogen and oxygen atoms in total. The zero-order chi connectivity index (χ0) is 64.9. The molecule has 0 saturated carbocycles. The molecule has 6 aliphatic heterocycles. The first kappa shape index (κ1) is 79.3. The summed E-state index contributed by atoms with van der Waals surface area (Å²) < 4.78 is 167. The number of amides is 1. The number of carbonyl (C=O) groups is 1. The fraction of sp³-hybridized carbons (Fsp3) is 0.948. The van der Waals surface area contributed by atoms with Crippen LogP contribution in [0.5, 0.6) is 0 Å². The lowest BCUT2D eigenvalue weighted by Crippen LogP contribution is -2.68. The maximum absolute atomic E-state index is 12.0. The lowest BCUT2D eigenvalue weighted by atomic mass is 9.94. The molecular weight excluding hydrogens is 1190 g/mol. The van der Waals surface area contributed by atoms with Crippen molar-refractivity contribution in [3.8, 4) is 12.3 Å². The van der Waals surface area contributed by atoms with Gasteiger partial charge in [-0.25, -0.2) is 0 Å². The summed E-state index contributed by atoms with van der Waals surface area (Å²) in [6.07, 6.45) is -14.4. The SMILES string of the molecule is C.C#CC(=O)NC1C(C)OC(OC2C(COC)OC(OC3C(COC)OC(OC)C(OC)C3OC)C(OC)C2OC)C(OC)C1OC.COCC1OC(OC2C(COC)OC(OC)C(OC)C2OC)C(OC)C(OC)C1OC1OC(C)C(N)C(OC)C1OC. The Bertz CT molecular complexity index is 1990. The van der Waals surface area contributed by atoms with Gasteiger partial charge in [-0.15, -0.1) is 6.42 Å². The molecule has 0 aliphatic carbocycles. The highest BCUT2D eigenvalue weighted by Crippen LogP contribution is 2.39. The van der Waals surface area contributed by atoms with Crippen LogP contribution >= 0.6 is 0 Å². The Labute approximate surface area is 525 Å². The van der Waals surface area contributed by atoms with Gasteiger partial charge >= 0.3 is 0 Å². The summed E-state index contributed by atoms with van der Waals surface area (Å²) in [4.78, 5) is 12.0. The topological polar surface area (TPSA) is 314 Å². The number of terminal acetylenes is 1. The molecule has 0 bridgehead atoms. The zero-order valence-corrected chi connectivity index (χ0v) is 54.6. The maximum Gasteiger partial charge on any atom is 0.296 e. The number of rotatable bonds is 31. The third kappa shape index (κ3) is 18.7. The Morgan fingerprint density at radius 3 is 0.865 bits per heavy atom. The molecule has 6 rings (SSSR count). The smallest absolute Gasteiger partial charge is 0.296 e. The molecule has 0 aromatic carbocycles. The number of nitrogens with two attached hydrogens (primary N) is 1. The number of hydrogen-bond donors (Lipinski definition) is 2. The standard InChI is InChI=1S/C30H51NO15.C27H51NO14.CH4/c1-12-18(32)31-19-15(2)42-29(25(38-8)22(19)35-5)45-21-17(14-34-4)44-30(27(40-10)24(21)37-7)46-20-16(13-33-3)43-28(41-11)26(39-9)23(20)36-6;1-13-16(28)19(31-4)22(34-7)26(38-13)41-18-15(12-30-3)40-27(24(36-9)21(18)33-6)42-17-14(11-29-2)39-25(37-10)23(35-8)20(17)32-5;/h1,15-17,19-30H,13-14H2,2-11H3,(H,31,32);13-27H,11-12,28H2,1-10H3;1H4. The Balaban J connectivity index is 0.000000378. The van der Waals surface area contributed by atoms with Crippen LogP contribution < -0.4 is 11.1 Å². The number of hydrogen-bond acceptors (Lipinski definition) is 30. The zero-order valence-electron chi connectivity index (χ0n) is 54.6. The molecule has 6 heterocycles. The lowest BCUT2D eigenvalue weighted by Gasteiger charge is -2.51. The van der Waals surface area contributed by atoms with Crippen molar-refractivity contribution in [2.75, 3.05) is 154 Å². The van der Waals surface area contributed by atoms with Crippen LogP contribution in [0.4, 0.5) is 0 Å². The van der Waals surface area contributed by atoms with E-state index in [0.717, 1.165) is 0 Å². The normalized spacial score (nSPS) is 42.6. The molecule has 6 fully saturated rings. The summed E-state index contributed by atoms with van der Waals surface area (Å²) in [5, 5.41) is 2.74. The summed E-state index contributed by atoms with van der Waals surface area (Å²) in [6, 6.07) is -1.03. The van der Waals surface area contributed by atoms with Crippen LogP contribution in [0.15, 0.2) is 0 Å². The molecule has 3 N–H and O–H groups in total. The van der Waals surface area contributed by atoms with Crippen molar-refractivity contribution in [1.82, 2.24) is 5.32 Å². The van der Waals surface area contributed by atoms with Gasteiger partial charge in [0.2, 0.25) is 0 Å². The molecular formula is C58H106N2O29. The van der Waals surface area contributed by atoms with Gasteiger partial charge < -0.3 is 144 Å². The molecule has 1 amide bonds. The quantitative estimate of drug-likeness (QED) is 0.0790. The van der Waals surface area contributed by atoms with Gasteiger partial charge in [0.1, 0.15) is 122 Å². The van der Waals surface area contributed by atoms with Crippen molar-refractivity contribution in [3.63, 3.8) is 0 Å². The highest BCUT2D eigenvalue weighted by atomic mass is 16.8. The van der Waals surface area contributed by atoms with Crippen LogP contribution in [0.3, 0.4) is 0 Å². The second kappa shape index (κ2) is 39.7. The second-order valence-corrected chi connectivity index (χ2v) is 21.4. The predicted molar refractivity (Wildman–Crippen MR) is 309 cm³/mol. The number of methoxy groups -OCH3 is 18. The Hall–Kier alpha value is -2.13. The molecule has 0 aromatic rings. The molecule has 0 spiro atoms. The van der Waals surface area contributed by atoms with Gasteiger partial charge in [0.25, 0.3) is 5.91 Å². The monoisotopic (exact) mass is 1290 g/mol. The molecule has 31 heteroatoms. The number of nitrogens with one attached hydrogen (secondary N) is 1. The van der Waals surface area contributed by atoms with Gasteiger partial charge in [-0.2, -0.15) is 0 Å². The first-order valence-corrected chi connectivity index (χ1v) is 28.9. The third-order valence-corrected chi connectivity index (χ3v) is 16.7. The molecule has 6 saturated heterocycles. The van der Waals surface area contributed by atoms with Crippen molar-refractivity contribution in [2.24, 2.45) is 5.73 Å². The van der Waals surface area contributed by atoms with E-state index in [9.17, 15) is 4.79 Å². The number of carbonyl (C=O) groups excluding carboxylic acids is 1. The summed E-state index contributed by atoms with van der Waals surface area (Å²) in [6.45, 7) is 4.24. The summed E-state index contributed by atoms with van der Waals surface area (Å²) >= 11 is 0. The van der Waals surface area contributed by atoms with Gasteiger partial charge in [-0.3, -0.25) is 4.79 Å². The van der Waals surface area contributed by atoms with E-state index in [1.807, 2.05) is 6.92 Å². The maximum atomic E-state index is 12.0. The van der Waals surface area contributed by atoms with Crippen LogP contribution in [-0.4, -0.2) is 344 Å². The molecule has 522 valence electrons. The van der Waals surface area contributed by atoms with Gasteiger partial charge in [-0.1, -0.05) is 7.43 Å². The minimum atomic E-state index is -1.00. The Morgan fingerprint density at radius 1 is 0.348 bits per heavy atom. The Kier molecular flexibility index (Phi) is 35.3. The van der Waals surface area contributed by atoms with Gasteiger partial charge in [0, 0.05) is 128 Å². The van der Waals surface area contributed by atoms with Gasteiger partial charge in [-0.05, 0) is 19.8 Å². The van der Waals surface area contributed by atoms with Gasteiger partial charge in [0.05, 0.1) is 50.7 Å². The lowest BCUT2D eigenvalue weighted by molar-refractivity contribution is -0.381. The van der Waals surface area contributed by atoms with Gasteiger partial charge in [0.15, 0.2) is 37.7 Å². The minimum Gasteiger partial charge on any atom is -0.382 e. The fourth-order valence-electron chi connectivity index (χ4n) is 12.3. The van der Waals surface area contributed by atoms with E-state index in [4.69, 9.17) is 145 Å². The van der Waals surface area contributed by atoms with Crippen LogP contribution in [0.2, 0.25) is 0 Å². The molecule has 30 atom stereocenters. The highest BCUT2D eigenvalue weighted by Gasteiger charge is 2.58. The first-order valence-electron chi connectivity index (χ1n) is 28.9. The van der Waals surface area contributed by atoms with Crippen LogP contribution in [-0.2, 0) is 137 Å². The largest absolute Gasteiger partial charge is 0.382 e. The summed E-state index contributed by atoms with van der Waals surface area (Å²) in [5.41, 5.74) is 6.33. The van der Waals surface area contributed by atoms with Crippen molar-refractivity contribution < 1.29 is 137 Å². The van der Waals surface area contributed by atoms with Crippen molar-refractivity contribution in [2.45, 2.75) is 205 Å². The third-order valence-electron chi connectivity index (χ3n) is 16.7. The van der Waals surface area contributed by atoms with E-state index >= 15 is 0 Å². The van der Waals surface area contributed by atoms with Crippen LogP contribution in [0.25, 0.3) is 0 Å². The van der Waals surface area contributed by atoms with Crippen LogP contribution in [0.1, 0.15) is 21.3 Å². The average molecular weight is 1300 g/mol. The summed E-state index contributed by atoms with van der Waals surface area (Å²) in [7, 11) is 27.7.